The van der Waals surface area contributed by atoms with Crippen molar-refractivity contribution < 1.29 is 14.2 Å². The quantitative estimate of drug-likeness (QED) is 0.814. The second kappa shape index (κ2) is 7.59. The number of thiazole rings is 1. The van der Waals surface area contributed by atoms with Gasteiger partial charge >= 0.3 is 0 Å². The summed E-state index contributed by atoms with van der Waals surface area (Å²) >= 11 is 1.66. The van der Waals surface area contributed by atoms with Gasteiger partial charge in [-0.25, -0.2) is 4.98 Å². The highest BCUT2D eigenvalue weighted by molar-refractivity contribution is 7.10. The number of aromatic nitrogens is 1. The van der Waals surface area contributed by atoms with Crippen molar-refractivity contribution >= 4 is 17.2 Å². The number of hydrogen-bond acceptors (Lipinski definition) is 7. The van der Waals surface area contributed by atoms with Crippen LogP contribution in [0, 0.1) is 0 Å². The molecule has 1 aromatic carbocycles. The SMILES string of the molecule is COCc1scnc1N1CCN(CC2COc3ccccc3O2)CC1. The number of benzene rings is 1. The van der Waals surface area contributed by atoms with Crippen molar-refractivity contribution in [3.63, 3.8) is 0 Å². The Bertz CT molecular complexity index is 700. The van der Waals surface area contributed by atoms with E-state index in [1.54, 1.807) is 18.4 Å². The number of ether oxygens (including phenoxy) is 3. The first-order valence-corrected chi connectivity index (χ1v) is 9.48. The third-order valence-electron chi connectivity index (χ3n) is 4.60. The molecule has 4 rings (SSSR count). The van der Waals surface area contributed by atoms with Gasteiger partial charge < -0.3 is 19.1 Å². The first-order valence-electron chi connectivity index (χ1n) is 8.60. The van der Waals surface area contributed by atoms with E-state index in [1.165, 1.54) is 4.88 Å². The van der Waals surface area contributed by atoms with E-state index in [4.69, 9.17) is 14.2 Å². The standard InChI is InChI=1S/C18H23N3O3S/c1-22-12-17-18(19-13-25-17)21-8-6-20(7-9-21)10-14-11-23-15-4-2-3-5-16(15)24-14/h2-5,13-14H,6-12H2,1H3. The molecule has 2 aliphatic heterocycles. The average Bonchev–Trinajstić information content (AvgIpc) is 3.11. The van der Waals surface area contributed by atoms with Gasteiger partial charge in [-0.3, -0.25) is 4.90 Å². The van der Waals surface area contributed by atoms with E-state index in [9.17, 15) is 0 Å². The zero-order chi connectivity index (χ0) is 17.1. The summed E-state index contributed by atoms with van der Waals surface area (Å²) < 4.78 is 17.2. The molecule has 7 heteroatoms. The monoisotopic (exact) mass is 361 g/mol. The Labute approximate surface area is 151 Å². The lowest BCUT2D eigenvalue weighted by molar-refractivity contribution is 0.0570. The Morgan fingerprint density at radius 2 is 2.00 bits per heavy atom. The maximum atomic E-state index is 6.08. The number of fused-ring (bicyclic) bond motifs is 1. The van der Waals surface area contributed by atoms with Crippen LogP contribution in [0.5, 0.6) is 11.5 Å². The fourth-order valence-electron chi connectivity index (χ4n) is 3.34. The molecule has 1 saturated heterocycles. The van der Waals surface area contributed by atoms with Crippen molar-refractivity contribution in [2.75, 3.05) is 51.3 Å². The van der Waals surface area contributed by atoms with Crippen LogP contribution in [0.3, 0.4) is 0 Å². The van der Waals surface area contributed by atoms with Gasteiger partial charge in [-0.15, -0.1) is 11.3 Å². The molecular formula is C18H23N3O3S. The molecule has 0 saturated carbocycles. The van der Waals surface area contributed by atoms with Crippen molar-refractivity contribution in [3.8, 4) is 11.5 Å². The first-order chi connectivity index (χ1) is 12.3. The molecule has 25 heavy (non-hydrogen) atoms. The molecule has 0 bridgehead atoms. The normalized spacial score (nSPS) is 20.7. The van der Waals surface area contributed by atoms with E-state index in [0.29, 0.717) is 13.2 Å². The van der Waals surface area contributed by atoms with Gasteiger partial charge in [0.15, 0.2) is 11.5 Å². The van der Waals surface area contributed by atoms with Crippen LogP contribution >= 0.6 is 11.3 Å². The number of para-hydroxylation sites is 2. The molecule has 0 aliphatic carbocycles. The van der Waals surface area contributed by atoms with Gasteiger partial charge in [-0.1, -0.05) is 12.1 Å². The smallest absolute Gasteiger partial charge is 0.161 e. The number of piperazine rings is 1. The van der Waals surface area contributed by atoms with Crippen molar-refractivity contribution in [3.05, 3.63) is 34.7 Å². The van der Waals surface area contributed by atoms with E-state index < -0.39 is 0 Å². The minimum atomic E-state index is 0.0878. The van der Waals surface area contributed by atoms with Crippen LogP contribution < -0.4 is 14.4 Å². The Morgan fingerprint density at radius 1 is 1.20 bits per heavy atom. The topological polar surface area (TPSA) is 47.1 Å². The van der Waals surface area contributed by atoms with Crippen molar-refractivity contribution in [1.29, 1.82) is 0 Å². The lowest BCUT2D eigenvalue weighted by atomic mass is 10.2. The lowest BCUT2D eigenvalue weighted by Crippen LogP contribution is -2.51. The molecule has 2 aliphatic rings. The van der Waals surface area contributed by atoms with Crippen LogP contribution in [-0.4, -0.2) is 62.4 Å². The molecule has 1 fully saturated rings. The van der Waals surface area contributed by atoms with Gasteiger partial charge in [-0.2, -0.15) is 0 Å². The Balaban J connectivity index is 1.30. The predicted molar refractivity (Wildman–Crippen MR) is 97.8 cm³/mol. The second-order valence-electron chi connectivity index (χ2n) is 6.32. The Morgan fingerprint density at radius 3 is 2.80 bits per heavy atom. The summed E-state index contributed by atoms with van der Waals surface area (Å²) in [6.07, 6.45) is 0.0878. The zero-order valence-electron chi connectivity index (χ0n) is 14.4. The molecule has 134 valence electrons. The largest absolute Gasteiger partial charge is 0.486 e. The molecule has 0 spiro atoms. The predicted octanol–water partition coefficient (Wildman–Crippen LogP) is 2.25. The number of hydrogen-bond donors (Lipinski definition) is 0. The van der Waals surface area contributed by atoms with E-state index in [0.717, 1.165) is 50.0 Å². The highest BCUT2D eigenvalue weighted by atomic mass is 32.1. The van der Waals surface area contributed by atoms with Crippen molar-refractivity contribution in [1.82, 2.24) is 9.88 Å². The molecule has 1 aromatic heterocycles. The minimum Gasteiger partial charge on any atom is -0.486 e. The Hall–Kier alpha value is -1.83. The number of anilines is 1. The minimum absolute atomic E-state index is 0.0878. The summed E-state index contributed by atoms with van der Waals surface area (Å²) in [5.74, 6) is 2.78. The second-order valence-corrected chi connectivity index (χ2v) is 7.26. The maximum Gasteiger partial charge on any atom is 0.161 e. The van der Waals surface area contributed by atoms with E-state index in [2.05, 4.69) is 14.8 Å². The van der Waals surface area contributed by atoms with Crippen LogP contribution in [0.15, 0.2) is 29.8 Å². The van der Waals surface area contributed by atoms with E-state index >= 15 is 0 Å². The van der Waals surface area contributed by atoms with E-state index in [1.807, 2.05) is 29.8 Å². The summed E-state index contributed by atoms with van der Waals surface area (Å²) in [6.45, 7) is 6.10. The highest BCUT2D eigenvalue weighted by Crippen LogP contribution is 2.31. The van der Waals surface area contributed by atoms with Crippen LogP contribution in [0.25, 0.3) is 0 Å². The fourth-order valence-corrected chi connectivity index (χ4v) is 4.09. The number of methoxy groups -OCH3 is 1. The lowest BCUT2D eigenvalue weighted by Gasteiger charge is -2.37. The van der Waals surface area contributed by atoms with Crippen molar-refractivity contribution in [2.45, 2.75) is 12.7 Å². The summed E-state index contributed by atoms with van der Waals surface area (Å²) in [7, 11) is 1.73. The highest BCUT2D eigenvalue weighted by Gasteiger charge is 2.26. The van der Waals surface area contributed by atoms with Crippen LogP contribution in [0.1, 0.15) is 4.88 Å². The molecule has 3 heterocycles. The summed E-state index contributed by atoms with van der Waals surface area (Å²) in [5, 5.41) is 0. The fraction of sp³-hybridized carbons (Fsp3) is 0.500. The van der Waals surface area contributed by atoms with Gasteiger partial charge in [0.05, 0.1) is 17.0 Å². The molecule has 0 amide bonds. The van der Waals surface area contributed by atoms with Crippen LogP contribution in [-0.2, 0) is 11.3 Å². The summed E-state index contributed by atoms with van der Waals surface area (Å²) in [4.78, 5) is 10.5. The summed E-state index contributed by atoms with van der Waals surface area (Å²) in [5.41, 5.74) is 1.90. The molecule has 2 aromatic rings. The van der Waals surface area contributed by atoms with E-state index in [-0.39, 0.29) is 6.10 Å². The summed E-state index contributed by atoms with van der Waals surface area (Å²) in [6, 6.07) is 7.88. The third kappa shape index (κ3) is 3.73. The first kappa shape index (κ1) is 16.6. The van der Waals surface area contributed by atoms with Crippen LogP contribution in [0.4, 0.5) is 5.82 Å². The molecule has 1 atom stereocenters. The van der Waals surface area contributed by atoms with Crippen LogP contribution in [0.2, 0.25) is 0 Å². The van der Waals surface area contributed by atoms with Gasteiger partial charge in [0.2, 0.25) is 0 Å². The van der Waals surface area contributed by atoms with Gasteiger partial charge in [0.25, 0.3) is 0 Å². The molecular weight excluding hydrogens is 338 g/mol. The van der Waals surface area contributed by atoms with Gasteiger partial charge in [0, 0.05) is 39.8 Å². The average molecular weight is 361 g/mol. The van der Waals surface area contributed by atoms with Gasteiger partial charge in [0.1, 0.15) is 18.5 Å². The Kier molecular flexibility index (Phi) is 5.05. The number of rotatable bonds is 5. The zero-order valence-corrected chi connectivity index (χ0v) is 15.2. The molecule has 6 nitrogen and oxygen atoms in total. The molecule has 0 N–H and O–H groups in total. The molecule has 1 unspecified atom stereocenters. The third-order valence-corrected chi connectivity index (χ3v) is 5.39. The number of nitrogens with zero attached hydrogens (tertiary/aromatic N) is 3. The molecule has 0 radical (unpaired) electrons. The maximum absolute atomic E-state index is 6.08. The van der Waals surface area contributed by atoms with Gasteiger partial charge in [-0.05, 0) is 12.1 Å². The van der Waals surface area contributed by atoms with Crippen molar-refractivity contribution in [2.24, 2.45) is 0 Å².